The number of aromatic nitrogens is 1. The molecule has 0 atom stereocenters. The van der Waals surface area contributed by atoms with Crippen LogP contribution in [0.15, 0.2) is 36.4 Å². The van der Waals surface area contributed by atoms with Crippen LogP contribution in [0.2, 0.25) is 0 Å². The fraction of sp³-hybridized carbons (Fsp3) is 0.0833. The molecule has 0 aliphatic carbocycles. The number of nitrogen functional groups attached to an aromatic ring is 1. The van der Waals surface area contributed by atoms with Crippen molar-refractivity contribution < 1.29 is 9.66 Å². The maximum Gasteiger partial charge on any atom is 0.276 e. The lowest BCUT2D eigenvalue weighted by molar-refractivity contribution is -0.384. The fourth-order valence-corrected chi connectivity index (χ4v) is 1.65. The number of nitrogens with zero attached hydrogens (tertiary/aromatic N) is 2. The Labute approximate surface area is 114 Å². The number of para-hydroxylation sites is 2. The largest absolute Gasteiger partial charge is 0.495 e. The number of rotatable bonds is 5. The van der Waals surface area contributed by atoms with Crippen molar-refractivity contribution >= 4 is 23.0 Å². The highest BCUT2D eigenvalue weighted by Crippen LogP contribution is 2.28. The van der Waals surface area contributed by atoms with E-state index < -0.39 is 4.92 Å². The molecule has 0 bridgehead atoms. The molecule has 0 aliphatic heterocycles. The van der Waals surface area contributed by atoms with E-state index >= 15 is 0 Å². The van der Waals surface area contributed by atoms with E-state index in [4.69, 9.17) is 10.6 Å². The van der Waals surface area contributed by atoms with Crippen LogP contribution in [-0.4, -0.2) is 17.0 Å². The van der Waals surface area contributed by atoms with Crippen LogP contribution >= 0.6 is 0 Å². The van der Waals surface area contributed by atoms with E-state index in [2.05, 4.69) is 15.7 Å². The summed E-state index contributed by atoms with van der Waals surface area (Å²) in [5.74, 6) is 6.33. The smallest absolute Gasteiger partial charge is 0.276 e. The molecule has 2 rings (SSSR count). The van der Waals surface area contributed by atoms with Gasteiger partial charge in [0.25, 0.3) is 5.69 Å². The Kier molecular flexibility index (Phi) is 3.96. The van der Waals surface area contributed by atoms with Crippen molar-refractivity contribution in [3.05, 3.63) is 46.5 Å². The van der Waals surface area contributed by atoms with Crippen molar-refractivity contribution in [3.8, 4) is 5.75 Å². The highest BCUT2D eigenvalue weighted by molar-refractivity contribution is 5.66. The molecule has 0 unspecified atom stereocenters. The molecular formula is C12H13N5O3. The average Bonchev–Trinajstić information content (AvgIpc) is 2.47. The molecule has 1 heterocycles. The summed E-state index contributed by atoms with van der Waals surface area (Å²) in [4.78, 5) is 14.4. The minimum atomic E-state index is -0.518. The quantitative estimate of drug-likeness (QED) is 0.434. The number of nitro groups is 1. The minimum absolute atomic E-state index is 0.120. The number of ether oxygens (including phenoxy) is 1. The highest BCUT2D eigenvalue weighted by Gasteiger charge is 2.12. The second-order valence-electron chi connectivity index (χ2n) is 3.82. The van der Waals surface area contributed by atoms with Crippen LogP contribution in [0.4, 0.5) is 23.0 Å². The summed E-state index contributed by atoms with van der Waals surface area (Å²) in [6, 6.07) is 9.72. The maximum atomic E-state index is 10.9. The summed E-state index contributed by atoms with van der Waals surface area (Å²) >= 11 is 0. The first-order valence-corrected chi connectivity index (χ1v) is 5.67. The first-order chi connectivity index (χ1) is 9.63. The fourth-order valence-electron chi connectivity index (χ4n) is 1.65. The van der Waals surface area contributed by atoms with Gasteiger partial charge in [0.15, 0.2) is 0 Å². The first kappa shape index (κ1) is 13.6. The molecule has 0 radical (unpaired) electrons. The first-order valence-electron chi connectivity index (χ1n) is 5.67. The summed E-state index contributed by atoms with van der Waals surface area (Å²) in [5.41, 5.74) is 2.81. The summed E-state index contributed by atoms with van der Waals surface area (Å²) in [5, 5.41) is 13.8. The molecule has 104 valence electrons. The predicted octanol–water partition coefficient (Wildman–Crippen LogP) is 2.03. The van der Waals surface area contributed by atoms with Gasteiger partial charge in [-0.1, -0.05) is 12.1 Å². The van der Waals surface area contributed by atoms with Gasteiger partial charge in [-0.15, -0.1) is 0 Å². The summed E-state index contributed by atoms with van der Waals surface area (Å²) in [6.07, 6.45) is 0. The normalized spacial score (nSPS) is 9.90. The number of hydrogen-bond donors (Lipinski definition) is 3. The third-order valence-corrected chi connectivity index (χ3v) is 2.54. The van der Waals surface area contributed by atoms with Gasteiger partial charge in [-0.25, -0.2) is 10.8 Å². The van der Waals surface area contributed by atoms with Gasteiger partial charge in [-0.2, -0.15) is 0 Å². The predicted molar refractivity (Wildman–Crippen MR) is 75.0 cm³/mol. The van der Waals surface area contributed by atoms with Crippen LogP contribution in [0.3, 0.4) is 0 Å². The molecule has 0 saturated heterocycles. The van der Waals surface area contributed by atoms with Gasteiger partial charge in [0.1, 0.15) is 17.4 Å². The Hall–Kier alpha value is -2.87. The molecule has 0 amide bonds. The van der Waals surface area contributed by atoms with E-state index in [0.29, 0.717) is 11.4 Å². The number of benzene rings is 1. The van der Waals surface area contributed by atoms with Gasteiger partial charge in [0, 0.05) is 0 Å². The Morgan fingerprint density at radius 2 is 2.00 bits per heavy atom. The monoisotopic (exact) mass is 275 g/mol. The number of methoxy groups -OCH3 is 1. The van der Waals surface area contributed by atoms with E-state index in [0.717, 1.165) is 0 Å². The Balaban J connectivity index is 2.37. The number of nitrogens with two attached hydrogens (primary N) is 1. The summed E-state index contributed by atoms with van der Waals surface area (Å²) < 4.78 is 5.19. The second kappa shape index (κ2) is 5.85. The number of hydrogen-bond acceptors (Lipinski definition) is 7. The number of nitrogens with one attached hydrogen (secondary N) is 2. The summed E-state index contributed by atoms with van der Waals surface area (Å²) in [6.45, 7) is 0. The zero-order valence-electron chi connectivity index (χ0n) is 10.7. The van der Waals surface area contributed by atoms with Gasteiger partial charge < -0.3 is 15.5 Å². The number of hydrazine groups is 1. The molecule has 8 heteroatoms. The third-order valence-electron chi connectivity index (χ3n) is 2.54. The second-order valence-corrected chi connectivity index (χ2v) is 3.82. The van der Waals surface area contributed by atoms with Crippen LogP contribution in [0.1, 0.15) is 0 Å². The van der Waals surface area contributed by atoms with Crippen molar-refractivity contribution in [1.82, 2.24) is 4.98 Å². The Bertz CT molecular complexity index is 632. The van der Waals surface area contributed by atoms with Crippen LogP contribution in [-0.2, 0) is 0 Å². The van der Waals surface area contributed by atoms with Crippen LogP contribution in [0, 0.1) is 10.1 Å². The van der Waals surface area contributed by atoms with Gasteiger partial charge in [0.05, 0.1) is 29.9 Å². The molecule has 0 aliphatic rings. The maximum absolute atomic E-state index is 10.9. The minimum Gasteiger partial charge on any atom is -0.495 e. The zero-order chi connectivity index (χ0) is 14.5. The van der Waals surface area contributed by atoms with Crippen molar-refractivity contribution in [3.63, 3.8) is 0 Å². The third kappa shape index (κ3) is 2.93. The van der Waals surface area contributed by atoms with Crippen molar-refractivity contribution in [2.45, 2.75) is 0 Å². The van der Waals surface area contributed by atoms with Crippen LogP contribution in [0.5, 0.6) is 5.75 Å². The van der Waals surface area contributed by atoms with E-state index in [1.54, 1.807) is 12.1 Å². The molecule has 1 aromatic heterocycles. The lowest BCUT2D eigenvalue weighted by Crippen LogP contribution is -2.10. The Morgan fingerprint density at radius 1 is 1.30 bits per heavy atom. The standard InChI is InChI=1S/C12H13N5O3/c1-20-10-5-3-2-4-9(10)14-11-6-8(17(18)19)7-12(15-11)16-13/h2-7H,13H2,1H3,(H2,14,15,16). The molecular weight excluding hydrogens is 262 g/mol. The van der Waals surface area contributed by atoms with E-state index in [1.807, 2.05) is 12.1 Å². The number of pyridine rings is 1. The molecule has 4 N–H and O–H groups in total. The van der Waals surface area contributed by atoms with Gasteiger partial charge in [-0.05, 0) is 12.1 Å². The number of anilines is 3. The summed E-state index contributed by atoms with van der Waals surface area (Å²) in [7, 11) is 1.54. The average molecular weight is 275 g/mol. The molecule has 2 aromatic rings. The van der Waals surface area contributed by atoms with E-state index in [1.165, 1.54) is 19.2 Å². The van der Waals surface area contributed by atoms with Crippen molar-refractivity contribution in [2.75, 3.05) is 17.9 Å². The molecule has 0 fully saturated rings. The van der Waals surface area contributed by atoms with Gasteiger partial charge in [-0.3, -0.25) is 10.1 Å². The molecule has 8 nitrogen and oxygen atoms in total. The molecule has 1 aromatic carbocycles. The van der Waals surface area contributed by atoms with E-state index in [-0.39, 0.29) is 17.3 Å². The molecule has 20 heavy (non-hydrogen) atoms. The van der Waals surface area contributed by atoms with Crippen molar-refractivity contribution in [2.24, 2.45) is 5.84 Å². The molecule has 0 saturated carbocycles. The lowest BCUT2D eigenvalue weighted by atomic mass is 10.3. The van der Waals surface area contributed by atoms with Gasteiger partial charge >= 0.3 is 0 Å². The Morgan fingerprint density at radius 3 is 2.65 bits per heavy atom. The van der Waals surface area contributed by atoms with E-state index in [9.17, 15) is 10.1 Å². The van der Waals surface area contributed by atoms with Crippen LogP contribution in [0.25, 0.3) is 0 Å². The zero-order valence-corrected chi connectivity index (χ0v) is 10.7. The van der Waals surface area contributed by atoms with Gasteiger partial charge in [0.2, 0.25) is 0 Å². The lowest BCUT2D eigenvalue weighted by Gasteiger charge is -2.11. The van der Waals surface area contributed by atoms with Crippen LogP contribution < -0.4 is 21.3 Å². The molecule has 0 spiro atoms. The topological polar surface area (TPSA) is 115 Å². The van der Waals surface area contributed by atoms with Crippen molar-refractivity contribution in [1.29, 1.82) is 0 Å². The SMILES string of the molecule is COc1ccccc1Nc1cc([N+](=O)[O-])cc(NN)n1. The highest BCUT2D eigenvalue weighted by atomic mass is 16.6.